The van der Waals surface area contributed by atoms with Gasteiger partial charge in [0.1, 0.15) is 0 Å². The molecule has 0 nitrogen and oxygen atoms in total. The maximum absolute atomic E-state index is 2.39. The molecule has 1 unspecified atom stereocenters. The molecule has 1 aromatic rings. The van der Waals surface area contributed by atoms with Crippen LogP contribution in [0.4, 0.5) is 0 Å². The van der Waals surface area contributed by atoms with Crippen LogP contribution >= 0.6 is 11.8 Å². The van der Waals surface area contributed by atoms with Crippen molar-refractivity contribution in [3.8, 4) is 0 Å². The Morgan fingerprint density at radius 3 is 2.50 bits per heavy atom. The van der Waals surface area contributed by atoms with Gasteiger partial charge in [-0.3, -0.25) is 0 Å². The summed E-state index contributed by atoms with van der Waals surface area (Å²) in [6, 6.07) is 8.90. The second-order valence-electron chi connectivity index (χ2n) is 4.37. The van der Waals surface area contributed by atoms with Crippen molar-refractivity contribution < 1.29 is 0 Å². The summed E-state index contributed by atoms with van der Waals surface area (Å²) < 4.78 is 0.495. The zero-order valence-corrected chi connectivity index (χ0v) is 9.18. The van der Waals surface area contributed by atoms with Crippen molar-refractivity contribution in [3.63, 3.8) is 0 Å². The molecule has 72 valence electrons. The number of allylic oxidation sites excluding steroid dienone is 1. The first-order chi connectivity index (χ1) is 6.78. The average molecular weight is 202 g/mol. The van der Waals surface area contributed by atoms with Gasteiger partial charge in [0.25, 0.3) is 0 Å². The molecule has 1 aromatic carbocycles. The molecule has 1 saturated carbocycles. The van der Waals surface area contributed by atoms with Crippen molar-refractivity contribution in [2.75, 3.05) is 0 Å². The third-order valence-electron chi connectivity index (χ3n) is 3.41. The van der Waals surface area contributed by atoms with Gasteiger partial charge in [0.2, 0.25) is 0 Å². The zero-order chi connectivity index (χ0) is 9.60. The highest BCUT2D eigenvalue weighted by Gasteiger charge is 2.49. The fourth-order valence-electron chi connectivity index (χ4n) is 2.21. The summed E-state index contributed by atoms with van der Waals surface area (Å²) in [5, 5.41) is 0. The van der Waals surface area contributed by atoms with Crippen molar-refractivity contribution in [1.29, 1.82) is 0 Å². The topological polar surface area (TPSA) is 0 Å². The Bertz CT molecular complexity index is 377. The Morgan fingerprint density at radius 2 is 2.07 bits per heavy atom. The van der Waals surface area contributed by atoms with Gasteiger partial charge >= 0.3 is 0 Å². The minimum Gasteiger partial charge on any atom is -0.115 e. The number of hydrogen-bond donors (Lipinski definition) is 0. The van der Waals surface area contributed by atoms with E-state index in [0.717, 1.165) is 5.92 Å². The predicted molar refractivity (Wildman–Crippen MR) is 61.6 cm³/mol. The molecule has 0 radical (unpaired) electrons. The second kappa shape index (κ2) is 2.90. The minimum absolute atomic E-state index is 0.495. The van der Waals surface area contributed by atoms with Crippen molar-refractivity contribution in [1.82, 2.24) is 0 Å². The maximum Gasteiger partial charge on any atom is 0.0448 e. The van der Waals surface area contributed by atoms with Crippen LogP contribution in [0.1, 0.15) is 18.4 Å². The first-order valence-electron chi connectivity index (χ1n) is 5.24. The van der Waals surface area contributed by atoms with Gasteiger partial charge in [-0.15, -0.1) is 11.8 Å². The highest BCUT2D eigenvalue weighted by Crippen LogP contribution is 2.58. The normalized spacial score (nSPS) is 33.1. The van der Waals surface area contributed by atoms with Crippen molar-refractivity contribution in [2.24, 2.45) is 5.92 Å². The van der Waals surface area contributed by atoms with Crippen LogP contribution in [0, 0.1) is 12.8 Å². The van der Waals surface area contributed by atoms with Gasteiger partial charge < -0.3 is 0 Å². The van der Waals surface area contributed by atoms with Crippen LogP contribution in [0.2, 0.25) is 0 Å². The third-order valence-corrected chi connectivity index (χ3v) is 4.94. The van der Waals surface area contributed by atoms with E-state index < -0.39 is 0 Å². The van der Waals surface area contributed by atoms with E-state index in [4.69, 9.17) is 0 Å². The smallest absolute Gasteiger partial charge is 0.0448 e. The molecule has 14 heavy (non-hydrogen) atoms. The predicted octanol–water partition coefficient (Wildman–Crippen LogP) is 3.81. The molecule has 2 aliphatic carbocycles. The number of thioether (sulfide) groups is 1. The minimum atomic E-state index is 0.495. The molecule has 1 heteroatoms. The Morgan fingerprint density at radius 1 is 1.29 bits per heavy atom. The molecule has 2 aliphatic rings. The van der Waals surface area contributed by atoms with Crippen molar-refractivity contribution in [3.05, 3.63) is 42.0 Å². The first kappa shape index (κ1) is 8.60. The molecule has 2 atom stereocenters. The monoisotopic (exact) mass is 202 g/mol. The summed E-state index contributed by atoms with van der Waals surface area (Å²) in [5.41, 5.74) is 1.35. The number of aryl methyl sites for hydroxylation is 1. The molecular formula is C13H14S. The van der Waals surface area contributed by atoms with Crippen LogP contribution in [0.15, 0.2) is 41.3 Å². The molecule has 1 fully saturated rings. The Kier molecular flexibility index (Phi) is 1.78. The summed E-state index contributed by atoms with van der Waals surface area (Å²) >= 11 is 2.05. The number of hydrogen-bond acceptors (Lipinski definition) is 1. The molecule has 3 rings (SSSR count). The van der Waals surface area contributed by atoms with E-state index in [2.05, 4.69) is 43.3 Å². The fourth-order valence-corrected chi connectivity index (χ4v) is 3.63. The molecule has 0 N–H and O–H groups in total. The number of fused-ring (bicyclic) bond motifs is 1. The highest BCUT2D eigenvalue weighted by molar-refractivity contribution is 8.01. The molecule has 0 amide bonds. The van der Waals surface area contributed by atoms with Crippen LogP contribution in [-0.4, -0.2) is 4.75 Å². The van der Waals surface area contributed by atoms with E-state index in [-0.39, 0.29) is 0 Å². The molecule has 0 saturated heterocycles. The van der Waals surface area contributed by atoms with Gasteiger partial charge in [0.05, 0.1) is 0 Å². The summed E-state index contributed by atoms with van der Waals surface area (Å²) in [4.78, 5) is 1.42. The van der Waals surface area contributed by atoms with E-state index in [1.54, 1.807) is 0 Å². The van der Waals surface area contributed by atoms with Crippen molar-refractivity contribution >= 4 is 11.8 Å². The Labute approximate surface area is 89.4 Å². The lowest BCUT2D eigenvalue weighted by molar-refractivity contribution is 0.288. The highest BCUT2D eigenvalue weighted by atomic mass is 32.2. The average Bonchev–Trinajstić information content (AvgIpc) is 2.19. The summed E-state index contributed by atoms with van der Waals surface area (Å²) in [5.74, 6) is 0.869. The molecule has 0 bridgehead atoms. The Hall–Kier alpha value is -0.690. The SMILES string of the molecule is Cc1ccc(S[C@]23C=CC2CC3)cc1. The van der Waals surface area contributed by atoms with E-state index in [9.17, 15) is 0 Å². The number of rotatable bonds is 2. The standard InChI is InChI=1S/C13H14S/c1-10-2-4-12(5-3-10)14-13-8-6-11(13)7-9-13/h2-6,8,11H,7,9H2,1H3/t11?,13-/m0/s1. The van der Waals surface area contributed by atoms with E-state index in [1.165, 1.54) is 23.3 Å². The van der Waals surface area contributed by atoms with Gasteiger partial charge in [0.15, 0.2) is 0 Å². The Balaban J connectivity index is 1.79. The van der Waals surface area contributed by atoms with Gasteiger partial charge in [-0.2, -0.15) is 0 Å². The third kappa shape index (κ3) is 1.15. The lowest BCUT2D eigenvalue weighted by Crippen LogP contribution is -2.47. The van der Waals surface area contributed by atoms with Crippen molar-refractivity contribution in [2.45, 2.75) is 29.4 Å². The summed E-state index contributed by atoms with van der Waals surface area (Å²) in [6.45, 7) is 2.14. The lowest BCUT2D eigenvalue weighted by atomic mass is 9.65. The molecule has 0 aliphatic heterocycles. The van der Waals surface area contributed by atoms with Crippen LogP contribution < -0.4 is 0 Å². The molecular weight excluding hydrogens is 188 g/mol. The second-order valence-corrected chi connectivity index (χ2v) is 5.81. The summed E-state index contributed by atoms with van der Waals surface area (Å²) in [7, 11) is 0. The number of benzene rings is 1. The molecule has 0 spiro atoms. The molecule has 0 aromatic heterocycles. The lowest BCUT2D eigenvalue weighted by Gasteiger charge is -2.52. The molecule has 0 heterocycles. The van der Waals surface area contributed by atoms with Crippen LogP contribution in [-0.2, 0) is 0 Å². The van der Waals surface area contributed by atoms with Gasteiger partial charge in [-0.05, 0) is 37.8 Å². The van der Waals surface area contributed by atoms with Gasteiger partial charge in [-0.1, -0.05) is 29.8 Å². The summed E-state index contributed by atoms with van der Waals surface area (Å²) in [6.07, 6.45) is 7.53. The van der Waals surface area contributed by atoms with E-state index in [1.807, 2.05) is 11.8 Å². The fraction of sp³-hybridized carbons (Fsp3) is 0.385. The largest absolute Gasteiger partial charge is 0.115 e. The van der Waals surface area contributed by atoms with Gasteiger partial charge in [0, 0.05) is 9.64 Å². The van der Waals surface area contributed by atoms with Crippen LogP contribution in [0.3, 0.4) is 0 Å². The van der Waals surface area contributed by atoms with Crippen LogP contribution in [0.5, 0.6) is 0 Å². The zero-order valence-electron chi connectivity index (χ0n) is 8.36. The van der Waals surface area contributed by atoms with E-state index in [0.29, 0.717) is 4.75 Å². The first-order valence-corrected chi connectivity index (χ1v) is 6.05. The van der Waals surface area contributed by atoms with Gasteiger partial charge in [-0.25, -0.2) is 0 Å². The van der Waals surface area contributed by atoms with Crippen LogP contribution in [0.25, 0.3) is 0 Å². The quantitative estimate of drug-likeness (QED) is 0.657. The maximum atomic E-state index is 2.39. The van der Waals surface area contributed by atoms with E-state index >= 15 is 0 Å².